The molecule has 0 unspecified atom stereocenters. The van der Waals surface area contributed by atoms with Crippen LogP contribution in [0.5, 0.6) is 0 Å². The molecular weight excluding hydrogens is 1080 g/mol. The molecule has 2 fully saturated rings. The van der Waals surface area contributed by atoms with Gasteiger partial charge in [0.2, 0.25) is 21.8 Å². The van der Waals surface area contributed by atoms with Gasteiger partial charge in [0.25, 0.3) is 0 Å². The van der Waals surface area contributed by atoms with Gasteiger partial charge in [-0.1, -0.05) is 19.1 Å². The number of amidine groups is 1. The van der Waals surface area contributed by atoms with Gasteiger partial charge in [0.05, 0.1) is 144 Å². The second-order valence-corrected chi connectivity index (χ2v) is 21.1. The molecule has 0 bridgehead atoms. The van der Waals surface area contributed by atoms with Crippen molar-refractivity contribution in [3.63, 3.8) is 0 Å². The highest BCUT2D eigenvalue weighted by Crippen LogP contribution is 2.34. The van der Waals surface area contributed by atoms with Crippen molar-refractivity contribution < 1.29 is 84.8 Å². The Hall–Kier alpha value is -5.23. The lowest BCUT2D eigenvalue weighted by molar-refractivity contribution is -0.138. The average molecular weight is 1160 g/mol. The Morgan fingerprint density at radius 2 is 1.22 bits per heavy atom. The Morgan fingerprint density at radius 1 is 0.691 bits per heavy atom. The van der Waals surface area contributed by atoms with Gasteiger partial charge < -0.3 is 78.5 Å². The number of carboxylic acid groups (broad SMARTS) is 1. The summed E-state index contributed by atoms with van der Waals surface area (Å²) in [5.41, 5.74) is 9.34. The molecule has 1 aromatic carbocycles. The Bertz CT molecular complexity index is 2350. The fraction of sp³-hybridized carbons (Fsp3) is 0.673. The number of alkyl carbamates (subject to hydrolysis) is 1. The fourth-order valence-electron chi connectivity index (χ4n) is 8.10. The molecule has 3 amide bonds. The van der Waals surface area contributed by atoms with Crippen molar-refractivity contribution in [3.05, 3.63) is 47.8 Å². The summed E-state index contributed by atoms with van der Waals surface area (Å²) < 4.78 is 88.4. The minimum Gasteiger partial charge on any atom is -0.481 e. The van der Waals surface area contributed by atoms with E-state index in [1.165, 1.54) is 10.5 Å². The number of nitrogens with zero attached hydrogens (tertiary/aromatic N) is 4. The molecule has 2 aromatic rings. The third kappa shape index (κ3) is 26.7. The number of hydrogen-bond donors (Lipinski definition) is 4. The van der Waals surface area contributed by atoms with Crippen LogP contribution in [0.3, 0.4) is 0 Å². The molecule has 81 heavy (non-hydrogen) atoms. The molecule has 25 nitrogen and oxygen atoms in total. The Kier molecular flexibility index (Phi) is 32.3. The number of amides is 3. The van der Waals surface area contributed by atoms with Crippen LogP contribution in [0.2, 0.25) is 0 Å². The number of aliphatic carboxylic acids is 1. The summed E-state index contributed by atoms with van der Waals surface area (Å²) in [7, 11) is -3.86. The van der Waals surface area contributed by atoms with E-state index in [4.69, 9.17) is 62.9 Å². The van der Waals surface area contributed by atoms with Crippen LogP contribution in [0.4, 0.5) is 10.5 Å². The minimum absolute atomic E-state index is 0.00104. The van der Waals surface area contributed by atoms with E-state index in [1.54, 1.807) is 29.3 Å². The van der Waals surface area contributed by atoms with E-state index in [9.17, 15) is 27.6 Å². The monoisotopic (exact) mass is 1160 g/mol. The molecule has 0 spiro atoms. The molecule has 3 heterocycles. The zero-order valence-corrected chi connectivity index (χ0v) is 47.7. The molecule has 5 rings (SSSR count). The summed E-state index contributed by atoms with van der Waals surface area (Å²) in [6.07, 6.45) is 8.77. The van der Waals surface area contributed by atoms with E-state index in [0.717, 1.165) is 25.7 Å². The molecule has 0 radical (unpaired) electrons. The Balaban J connectivity index is 0.829. The first-order valence-corrected chi connectivity index (χ1v) is 29.5. The number of carboxylic acids is 1. The normalized spacial score (nSPS) is 14.7. The van der Waals surface area contributed by atoms with Crippen LogP contribution in [0, 0.1) is 5.92 Å². The van der Waals surface area contributed by atoms with E-state index in [2.05, 4.69) is 20.6 Å². The third-order valence-corrected chi connectivity index (χ3v) is 14.5. The number of carbonyl (C=O) groups is 4. The number of sulfonamides is 1. The molecule has 454 valence electrons. The van der Waals surface area contributed by atoms with Crippen LogP contribution in [-0.2, 0) is 76.5 Å². The number of carbonyl (C=O) groups excluding carboxylic acids is 3. The SMILES string of the molecule is CCCN(CCCNC(=O)OC1CCC1)C(=O)C1=Cc2ccc(-c3cncc(S(=O)(=O)N4CC(CNC(=O)CCOCCOCCOCCOCCOCCOCCOCCOCCOCCOCCC(=O)O)C4)c3)cc2N=C(N)C1. The Morgan fingerprint density at radius 3 is 1.73 bits per heavy atom. The molecule has 5 N–H and O–H groups in total. The van der Waals surface area contributed by atoms with E-state index in [0.29, 0.717) is 179 Å². The molecule has 26 heteroatoms. The first-order valence-electron chi connectivity index (χ1n) is 28.1. The second kappa shape index (κ2) is 39.3. The highest BCUT2D eigenvalue weighted by atomic mass is 32.2. The number of nitrogens with one attached hydrogen (secondary N) is 2. The number of pyridine rings is 1. The zero-order chi connectivity index (χ0) is 57.8. The van der Waals surface area contributed by atoms with Crippen LogP contribution in [0.25, 0.3) is 17.2 Å². The van der Waals surface area contributed by atoms with Crippen LogP contribution in [0.15, 0.2) is 52.1 Å². The maximum atomic E-state index is 13.8. The van der Waals surface area contributed by atoms with Crippen molar-refractivity contribution in [3.8, 4) is 11.1 Å². The number of ether oxygens (including phenoxy) is 11. The molecule has 0 atom stereocenters. The van der Waals surface area contributed by atoms with Crippen molar-refractivity contribution in [2.75, 3.05) is 171 Å². The van der Waals surface area contributed by atoms with Crippen LogP contribution >= 0.6 is 0 Å². The van der Waals surface area contributed by atoms with Crippen molar-refractivity contribution in [1.29, 1.82) is 0 Å². The molecule has 1 aromatic heterocycles. The van der Waals surface area contributed by atoms with Gasteiger partial charge in [-0.05, 0) is 55.9 Å². The summed E-state index contributed by atoms with van der Waals surface area (Å²) in [6, 6.07) is 7.04. The number of aromatic nitrogens is 1. The number of rotatable bonds is 46. The summed E-state index contributed by atoms with van der Waals surface area (Å²) in [5.74, 6) is -1.00. The lowest BCUT2D eigenvalue weighted by Gasteiger charge is -2.38. The number of hydrogen-bond acceptors (Lipinski definition) is 20. The van der Waals surface area contributed by atoms with Crippen molar-refractivity contribution >= 4 is 51.5 Å². The van der Waals surface area contributed by atoms with Gasteiger partial charge in [-0.15, -0.1) is 0 Å². The van der Waals surface area contributed by atoms with Gasteiger partial charge in [-0.25, -0.2) is 18.2 Å². The van der Waals surface area contributed by atoms with Gasteiger partial charge in [0, 0.05) is 87.1 Å². The van der Waals surface area contributed by atoms with Crippen molar-refractivity contribution in [2.24, 2.45) is 16.6 Å². The standard InChI is InChI=1S/C55H85N7O18S/c1-2-12-61(13-4-11-58-55(67)80-48-5-3-6-48)54(66)46-34-45-8-7-44(36-50(45)60-51(56)37-46)47-35-49(40-57-39-47)81(68,69)62-41-43(42-62)38-59-52(63)9-14-70-16-18-72-20-22-74-24-26-76-28-30-78-32-33-79-31-29-77-27-25-75-23-21-73-19-17-71-15-10-53(64)65/h7-8,34-36,39-40,43,48H,2-6,9-33,37-38,41-42H2,1H3,(H2,56,60)(H,58,67)(H,59,63)(H,64,65). The maximum Gasteiger partial charge on any atom is 0.407 e. The van der Waals surface area contributed by atoms with Crippen molar-refractivity contribution in [1.82, 2.24) is 24.8 Å². The largest absolute Gasteiger partial charge is 0.481 e. The van der Waals surface area contributed by atoms with Gasteiger partial charge in [-0.2, -0.15) is 4.31 Å². The van der Waals surface area contributed by atoms with Crippen LogP contribution in [0.1, 0.15) is 63.9 Å². The lowest BCUT2D eigenvalue weighted by atomic mass is 9.96. The fourth-order valence-corrected chi connectivity index (χ4v) is 9.69. The van der Waals surface area contributed by atoms with E-state index in [1.807, 2.05) is 19.1 Å². The smallest absolute Gasteiger partial charge is 0.407 e. The Labute approximate surface area is 475 Å². The highest BCUT2D eigenvalue weighted by molar-refractivity contribution is 7.89. The molecule has 2 aliphatic heterocycles. The predicted molar refractivity (Wildman–Crippen MR) is 297 cm³/mol. The maximum absolute atomic E-state index is 13.8. The summed E-state index contributed by atoms with van der Waals surface area (Å²) in [6.45, 7) is 12.1. The quantitative estimate of drug-likeness (QED) is 0.0692. The summed E-state index contributed by atoms with van der Waals surface area (Å²) in [5, 5.41) is 14.2. The molecule has 1 saturated heterocycles. The van der Waals surface area contributed by atoms with E-state index >= 15 is 0 Å². The van der Waals surface area contributed by atoms with Crippen molar-refractivity contribution in [2.45, 2.75) is 69.3 Å². The zero-order valence-electron chi connectivity index (χ0n) is 46.9. The molecule has 1 saturated carbocycles. The van der Waals surface area contributed by atoms with Gasteiger partial charge in [0.1, 0.15) is 16.8 Å². The lowest BCUT2D eigenvalue weighted by Crippen LogP contribution is -2.53. The van der Waals surface area contributed by atoms with Gasteiger partial charge >= 0.3 is 12.1 Å². The second-order valence-electron chi connectivity index (χ2n) is 19.2. The number of benzene rings is 1. The first kappa shape index (κ1) is 66.6. The third-order valence-electron chi connectivity index (χ3n) is 12.7. The predicted octanol–water partition coefficient (Wildman–Crippen LogP) is 3.20. The van der Waals surface area contributed by atoms with Crippen LogP contribution < -0.4 is 16.4 Å². The van der Waals surface area contributed by atoms with Gasteiger partial charge in [0.15, 0.2) is 0 Å². The average Bonchev–Trinajstić information content (AvgIpc) is 3.66. The topological polar surface area (TPSA) is 306 Å². The van der Waals surface area contributed by atoms with Crippen LogP contribution in [-0.4, -0.2) is 235 Å². The van der Waals surface area contributed by atoms with E-state index in [-0.39, 0.29) is 80.1 Å². The minimum atomic E-state index is -3.86. The molecular formula is C55H85N7O18S. The number of fused-ring (bicyclic) bond motifs is 1. The molecule has 3 aliphatic rings. The highest BCUT2D eigenvalue weighted by Gasteiger charge is 2.37. The van der Waals surface area contributed by atoms with E-state index < -0.39 is 22.1 Å². The number of aliphatic imine (C=N–C) groups is 1. The summed E-state index contributed by atoms with van der Waals surface area (Å²) in [4.78, 5) is 59.4. The van der Waals surface area contributed by atoms with Gasteiger partial charge in [-0.3, -0.25) is 19.4 Å². The molecule has 1 aliphatic carbocycles. The summed E-state index contributed by atoms with van der Waals surface area (Å²) >= 11 is 0. The first-order chi connectivity index (χ1) is 39.4. The number of nitrogens with two attached hydrogens (primary N) is 1.